The number of benzene rings is 1. The van der Waals surface area contributed by atoms with E-state index in [-0.39, 0.29) is 0 Å². The minimum Gasteiger partial charge on any atom is -0.288 e. The van der Waals surface area contributed by atoms with E-state index in [1.54, 1.807) is 6.20 Å². The van der Waals surface area contributed by atoms with Gasteiger partial charge in [-0.1, -0.05) is 54.8 Å². The highest BCUT2D eigenvalue weighted by Gasteiger charge is 2.04. The van der Waals surface area contributed by atoms with E-state index >= 15 is 0 Å². The molecule has 0 radical (unpaired) electrons. The molecule has 4 nitrogen and oxygen atoms in total. The summed E-state index contributed by atoms with van der Waals surface area (Å²) in [7, 11) is 0. The first-order valence-corrected chi connectivity index (χ1v) is 6.10. The Morgan fingerprint density at radius 2 is 1.56 bits per heavy atom. The van der Waals surface area contributed by atoms with Crippen molar-refractivity contribution in [2.45, 2.75) is 0 Å². The second kappa shape index (κ2) is 4.40. The molecule has 0 saturated carbocycles. The number of nitrogens with one attached hydrogen (secondary N) is 2. The van der Waals surface area contributed by atoms with Crippen LogP contribution in [0.15, 0.2) is 36.5 Å². The second-order valence-corrected chi connectivity index (χ2v) is 4.54. The van der Waals surface area contributed by atoms with Gasteiger partial charge in [0.05, 0.1) is 11.9 Å². The van der Waals surface area contributed by atoms with Gasteiger partial charge in [-0.3, -0.25) is 10.2 Å². The van der Waals surface area contributed by atoms with E-state index in [1.807, 2.05) is 30.3 Å². The highest BCUT2D eigenvalue weighted by molar-refractivity contribution is 7.72. The third kappa shape index (κ3) is 1.85. The Labute approximate surface area is 113 Å². The number of hydrogen-bond donors (Lipinski definition) is 2. The van der Waals surface area contributed by atoms with Crippen LogP contribution in [0, 0.1) is 9.28 Å². The molecule has 0 saturated heterocycles. The number of aromatic nitrogens is 4. The van der Waals surface area contributed by atoms with E-state index in [1.165, 1.54) is 0 Å². The van der Waals surface area contributed by atoms with Crippen LogP contribution >= 0.6 is 24.4 Å². The molecule has 2 N–H and O–H groups in total. The molecule has 1 aromatic carbocycles. The molecule has 0 spiro atoms. The Bertz CT molecular complexity index is 821. The molecular formula is C12H8N4S2. The van der Waals surface area contributed by atoms with Gasteiger partial charge in [0.15, 0.2) is 0 Å². The molecule has 0 aliphatic carbocycles. The van der Waals surface area contributed by atoms with Crippen molar-refractivity contribution >= 4 is 35.5 Å². The molecule has 0 bridgehead atoms. The predicted octanol–water partition coefficient (Wildman–Crippen LogP) is 3.41. The normalized spacial score (nSPS) is 10.7. The molecule has 0 fully saturated rings. The fourth-order valence-electron chi connectivity index (χ4n) is 1.69. The summed E-state index contributed by atoms with van der Waals surface area (Å²) in [5, 5.41) is 5.59. The van der Waals surface area contributed by atoms with Crippen LogP contribution in [0.1, 0.15) is 0 Å². The van der Waals surface area contributed by atoms with Gasteiger partial charge in [-0.25, -0.2) is 9.97 Å². The highest BCUT2D eigenvalue weighted by Crippen LogP contribution is 2.18. The lowest BCUT2D eigenvalue weighted by molar-refractivity contribution is 1.01. The first-order valence-electron chi connectivity index (χ1n) is 5.29. The minimum atomic E-state index is 0.504. The molecule has 3 rings (SSSR count). The molecule has 18 heavy (non-hydrogen) atoms. The molecule has 0 amide bonds. The lowest BCUT2D eigenvalue weighted by Gasteiger charge is -2.02. The molecule has 6 heteroatoms. The van der Waals surface area contributed by atoms with Gasteiger partial charge in [0, 0.05) is 5.56 Å². The van der Waals surface area contributed by atoms with E-state index in [2.05, 4.69) is 20.2 Å². The van der Waals surface area contributed by atoms with E-state index in [9.17, 15) is 0 Å². The number of hydrogen-bond acceptors (Lipinski definition) is 4. The van der Waals surface area contributed by atoms with Crippen molar-refractivity contribution in [2.24, 2.45) is 0 Å². The van der Waals surface area contributed by atoms with Crippen molar-refractivity contribution in [2.75, 3.05) is 0 Å². The Morgan fingerprint density at radius 3 is 2.28 bits per heavy atom. The van der Waals surface area contributed by atoms with Crippen molar-refractivity contribution in [3.8, 4) is 11.3 Å². The number of nitrogens with zero attached hydrogens (tertiary/aromatic N) is 2. The first-order chi connectivity index (χ1) is 8.75. The van der Waals surface area contributed by atoms with E-state index in [4.69, 9.17) is 24.4 Å². The van der Waals surface area contributed by atoms with Crippen LogP contribution in [0.3, 0.4) is 0 Å². The summed E-state index contributed by atoms with van der Waals surface area (Å²) < 4.78 is 1.01. The van der Waals surface area contributed by atoms with Crippen LogP contribution in [0.4, 0.5) is 0 Å². The predicted molar refractivity (Wildman–Crippen MR) is 75.3 cm³/mol. The molecule has 0 aliphatic heterocycles. The van der Waals surface area contributed by atoms with Gasteiger partial charge in [0.25, 0.3) is 0 Å². The van der Waals surface area contributed by atoms with Crippen molar-refractivity contribution in [1.82, 2.24) is 20.2 Å². The third-order valence-corrected chi connectivity index (χ3v) is 3.15. The lowest BCUT2D eigenvalue weighted by Crippen LogP contribution is -1.94. The monoisotopic (exact) mass is 272 g/mol. The number of H-pyrrole nitrogens is 2. The summed E-state index contributed by atoms with van der Waals surface area (Å²) in [6.07, 6.45) is 1.70. The SMILES string of the molecule is S=c1[nH][nH]c(=S)c2nc(-c3ccccc3)cnc12. The van der Waals surface area contributed by atoms with Crippen molar-refractivity contribution in [1.29, 1.82) is 0 Å². The van der Waals surface area contributed by atoms with Gasteiger partial charge in [-0.15, -0.1) is 0 Å². The summed E-state index contributed by atoms with van der Waals surface area (Å²) in [5.41, 5.74) is 3.02. The number of fused-ring (bicyclic) bond motifs is 1. The maximum absolute atomic E-state index is 5.19. The summed E-state index contributed by atoms with van der Waals surface area (Å²) in [6, 6.07) is 9.83. The molecule has 3 aromatic rings. The molecular weight excluding hydrogens is 264 g/mol. The molecule has 0 unspecified atom stereocenters. The Kier molecular flexibility index (Phi) is 2.73. The van der Waals surface area contributed by atoms with Crippen LogP contribution in [0.25, 0.3) is 22.3 Å². The summed E-state index contributed by atoms with van der Waals surface area (Å²) in [6.45, 7) is 0. The van der Waals surface area contributed by atoms with Gasteiger partial charge in [0.2, 0.25) is 0 Å². The zero-order valence-electron chi connectivity index (χ0n) is 9.18. The van der Waals surface area contributed by atoms with Crippen LogP contribution in [0.5, 0.6) is 0 Å². The standard InChI is InChI=1S/C12H8N4S2/c17-11-9-10(12(18)16-15-11)14-8(6-13-9)7-4-2-1-3-5-7/h1-6H,(H,15,17)(H,16,18). The van der Waals surface area contributed by atoms with Gasteiger partial charge in [0.1, 0.15) is 20.3 Å². The minimum absolute atomic E-state index is 0.504. The van der Waals surface area contributed by atoms with Gasteiger partial charge >= 0.3 is 0 Å². The van der Waals surface area contributed by atoms with Crippen LogP contribution < -0.4 is 0 Å². The fourth-order valence-corrected chi connectivity index (χ4v) is 2.09. The first kappa shape index (κ1) is 11.2. The van der Waals surface area contributed by atoms with E-state index in [0.717, 1.165) is 11.3 Å². The van der Waals surface area contributed by atoms with Crippen LogP contribution in [-0.2, 0) is 0 Å². The fraction of sp³-hybridized carbons (Fsp3) is 0. The summed E-state index contributed by atoms with van der Waals surface area (Å²) in [4.78, 5) is 8.85. The number of aromatic amines is 2. The van der Waals surface area contributed by atoms with E-state index in [0.29, 0.717) is 20.3 Å². The second-order valence-electron chi connectivity index (χ2n) is 3.73. The Balaban J connectivity index is 2.33. The van der Waals surface area contributed by atoms with Crippen molar-refractivity contribution in [3.05, 3.63) is 45.8 Å². The third-order valence-electron chi connectivity index (χ3n) is 2.56. The van der Waals surface area contributed by atoms with Crippen molar-refractivity contribution in [3.63, 3.8) is 0 Å². The molecule has 0 atom stereocenters. The average Bonchev–Trinajstić information content (AvgIpc) is 2.44. The van der Waals surface area contributed by atoms with Gasteiger partial charge in [-0.05, 0) is 0 Å². The average molecular weight is 272 g/mol. The Morgan fingerprint density at radius 1 is 0.889 bits per heavy atom. The maximum Gasteiger partial charge on any atom is 0.146 e. The van der Waals surface area contributed by atoms with Crippen molar-refractivity contribution < 1.29 is 0 Å². The molecule has 0 aliphatic rings. The molecule has 2 heterocycles. The highest BCUT2D eigenvalue weighted by atomic mass is 32.1. The largest absolute Gasteiger partial charge is 0.288 e. The summed E-state index contributed by atoms with van der Waals surface area (Å²) >= 11 is 10.3. The number of rotatable bonds is 1. The zero-order chi connectivity index (χ0) is 12.5. The van der Waals surface area contributed by atoms with E-state index < -0.39 is 0 Å². The smallest absolute Gasteiger partial charge is 0.146 e. The lowest BCUT2D eigenvalue weighted by atomic mass is 10.2. The van der Waals surface area contributed by atoms with Crippen LogP contribution in [0.2, 0.25) is 0 Å². The maximum atomic E-state index is 5.19. The molecule has 2 aromatic heterocycles. The summed E-state index contributed by atoms with van der Waals surface area (Å²) in [5.74, 6) is 0. The molecule has 88 valence electrons. The van der Waals surface area contributed by atoms with Gasteiger partial charge < -0.3 is 0 Å². The Hall–Kier alpha value is -1.92. The van der Waals surface area contributed by atoms with Gasteiger partial charge in [-0.2, -0.15) is 0 Å². The van der Waals surface area contributed by atoms with Crippen LogP contribution in [-0.4, -0.2) is 20.2 Å². The quantitative estimate of drug-likeness (QED) is 0.666. The zero-order valence-corrected chi connectivity index (χ0v) is 10.8. The topological polar surface area (TPSA) is 57.4 Å².